The highest BCUT2D eigenvalue weighted by molar-refractivity contribution is 6.30. The van der Waals surface area contributed by atoms with Crippen LogP contribution in [0.2, 0.25) is 5.02 Å². The summed E-state index contributed by atoms with van der Waals surface area (Å²) in [6.45, 7) is -0.398. The van der Waals surface area contributed by atoms with Gasteiger partial charge in [-0.05, 0) is 30.5 Å². The highest BCUT2D eigenvalue weighted by Crippen LogP contribution is 2.45. The summed E-state index contributed by atoms with van der Waals surface area (Å²) in [7, 11) is 4.47. The number of rotatable bonds is 8. The maximum absolute atomic E-state index is 12.8. The second-order valence-electron chi connectivity index (χ2n) is 6.98. The van der Waals surface area contributed by atoms with Gasteiger partial charge >= 0.3 is 5.97 Å². The largest absolute Gasteiger partial charge is 0.493 e. The number of halogens is 1. The van der Waals surface area contributed by atoms with E-state index in [1.807, 2.05) is 12.1 Å². The molecule has 0 saturated heterocycles. The van der Waals surface area contributed by atoms with Gasteiger partial charge in [0.1, 0.15) is 0 Å². The number of esters is 1. The first-order valence-electron chi connectivity index (χ1n) is 9.46. The second kappa shape index (κ2) is 9.26. The number of anilines is 1. The van der Waals surface area contributed by atoms with Crippen LogP contribution < -0.4 is 19.5 Å². The van der Waals surface area contributed by atoms with Gasteiger partial charge in [0.2, 0.25) is 5.75 Å². The molecule has 0 unspecified atom stereocenters. The zero-order valence-corrected chi connectivity index (χ0v) is 17.9. The van der Waals surface area contributed by atoms with Crippen LogP contribution in [-0.4, -0.2) is 39.8 Å². The van der Waals surface area contributed by atoms with Crippen molar-refractivity contribution < 1.29 is 28.5 Å². The fraction of sp³-hybridized carbons (Fsp3) is 0.364. The molecule has 0 aromatic heterocycles. The summed E-state index contributed by atoms with van der Waals surface area (Å²) in [5.41, 5.74) is 0.576. The van der Waals surface area contributed by atoms with Crippen molar-refractivity contribution in [2.24, 2.45) is 0 Å². The van der Waals surface area contributed by atoms with Crippen LogP contribution in [0.15, 0.2) is 36.4 Å². The number of carbonyl (C=O) groups excluding carboxylic acids is 2. The van der Waals surface area contributed by atoms with Crippen molar-refractivity contribution in [2.75, 3.05) is 33.3 Å². The SMILES string of the molecule is COc1cc(NC(=O)COC(=O)C2(c3ccc(Cl)cc3)CCC2)cc(OC)c1OC. The first-order valence-corrected chi connectivity index (χ1v) is 9.84. The maximum Gasteiger partial charge on any atom is 0.317 e. The van der Waals surface area contributed by atoms with E-state index in [2.05, 4.69) is 5.32 Å². The van der Waals surface area contributed by atoms with Crippen molar-refractivity contribution in [2.45, 2.75) is 24.7 Å². The molecular formula is C22H24ClNO6. The summed E-state index contributed by atoms with van der Waals surface area (Å²) in [4.78, 5) is 25.1. The van der Waals surface area contributed by atoms with Crippen molar-refractivity contribution in [1.82, 2.24) is 0 Å². The Kier molecular flexibility index (Phi) is 6.72. The molecule has 0 bridgehead atoms. The van der Waals surface area contributed by atoms with Gasteiger partial charge in [-0.15, -0.1) is 0 Å². The van der Waals surface area contributed by atoms with Gasteiger partial charge in [0.25, 0.3) is 5.91 Å². The van der Waals surface area contributed by atoms with E-state index in [-0.39, 0.29) is 0 Å². The van der Waals surface area contributed by atoms with Crippen LogP contribution in [0.4, 0.5) is 5.69 Å². The van der Waals surface area contributed by atoms with E-state index in [1.54, 1.807) is 24.3 Å². The Balaban J connectivity index is 1.66. The molecule has 2 aromatic rings. The van der Waals surface area contributed by atoms with Gasteiger partial charge in [0.05, 0.1) is 26.7 Å². The highest BCUT2D eigenvalue weighted by atomic mass is 35.5. The Morgan fingerprint density at radius 1 is 1.00 bits per heavy atom. The van der Waals surface area contributed by atoms with Crippen molar-refractivity contribution in [3.8, 4) is 17.2 Å². The minimum absolute atomic E-state index is 0.398. The number of amides is 1. The Hall–Kier alpha value is -2.93. The quantitative estimate of drug-likeness (QED) is 0.634. The van der Waals surface area contributed by atoms with Crippen molar-refractivity contribution in [3.63, 3.8) is 0 Å². The third kappa shape index (κ3) is 4.31. The van der Waals surface area contributed by atoms with E-state index in [0.29, 0.717) is 40.8 Å². The van der Waals surface area contributed by atoms with Crippen molar-refractivity contribution in [1.29, 1.82) is 0 Å². The van der Waals surface area contributed by atoms with Gasteiger partial charge in [-0.2, -0.15) is 0 Å². The molecule has 1 amide bonds. The van der Waals surface area contributed by atoms with Crippen LogP contribution in [0.1, 0.15) is 24.8 Å². The summed E-state index contributed by atoms with van der Waals surface area (Å²) in [5.74, 6) is 0.347. The molecule has 0 spiro atoms. The smallest absolute Gasteiger partial charge is 0.317 e. The predicted molar refractivity (Wildman–Crippen MR) is 113 cm³/mol. The lowest BCUT2D eigenvalue weighted by Crippen LogP contribution is -2.44. The lowest BCUT2D eigenvalue weighted by Gasteiger charge is -2.39. The molecule has 3 rings (SSSR count). The van der Waals surface area contributed by atoms with Crippen LogP contribution in [0, 0.1) is 0 Å². The summed E-state index contributed by atoms with van der Waals surface area (Å²) >= 11 is 5.95. The molecule has 0 radical (unpaired) electrons. The van der Waals surface area contributed by atoms with E-state index in [1.165, 1.54) is 21.3 Å². The lowest BCUT2D eigenvalue weighted by molar-refractivity contribution is -0.156. The highest BCUT2D eigenvalue weighted by Gasteiger charge is 2.47. The average molecular weight is 434 g/mol. The summed E-state index contributed by atoms with van der Waals surface area (Å²) in [5, 5.41) is 3.29. The predicted octanol–water partition coefficient (Wildman–Crippen LogP) is 3.97. The second-order valence-corrected chi connectivity index (χ2v) is 7.42. The summed E-state index contributed by atoms with van der Waals surface area (Å²) in [6, 6.07) is 10.4. The van der Waals surface area contributed by atoms with Gasteiger partial charge < -0.3 is 24.3 Å². The third-order valence-electron chi connectivity index (χ3n) is 5.28. The molecule has 1 saturated carbocycles. The number of carbonyl (C=O) groups is 2. The minimum atomic E-state index is -0.711. The molecule has 0 heterocycles. The van der Waals surface area contributed by atoms with E-state index in [9.17, 15) is 9.59 Å². The molecule has 7 nitrogen and oxygen atoms in total. The number of ether oxygens (including phenoxy) is 4. The fourth-order valence-corrected chi connectivity index (χ4v) is 3.66. The Morgan fingerprint density at radius 2 is 1.60 bits per heavy atom. The minimum Gasteiger partial charge on any atom is -0.493 e. The van der Waals surface area contributed by atoms with Gasteiger partial charge in [-0.3, -0.25) is 9.59 Å². The molecule has 0 atom stereocenters. The number of hydrogen-bond acceptors (Lipinski definition) is 6. The Bertz CT molecular complexity index is 899. The Labute approximate surface area is 180 Å². The van der Waals surface area contributed by atoms with Crippen molar-refractivity contribution >= 4 is 29.2 Å². The molecule has 1 N–H and O–H groups in total. The summed E-state index contributed by atoms with van der Waals surface area (Å²) < 4.78 is 21.2. The normalized spacial score (nSPS) is 14.3. The topological polar surface area (TPSA) is 83.1 Å². The maximum atomic E-state index is 12.8. The fourth-order valence-electron chi connectivity index (χ4n) is 3.53. The molecule has 2 aromatic carbocycles. The van der Waals surface area contributed by atoms with Gasteiger partial charge in [-0.1, -0.05) is 30.2 Å². The summed E-state index contributed by atoms with van der Waals surface area (Å²) in [6.07, 6.45) is 2.29. The number of hydrogen-bond donors (Lipinski definition) is 1. The Morgan fingerprint density at radius 3 is 2.07 bits per heavy atom. The van der Waals surface area contributed by atoms with E-state index in [0.717, 1.165) is 12.0 Å². The van der Waals surface area contributed by atoms with Crippen LogP contribution in [0.3, 0.4) is 0 Å². The third-order valence-corrected chi connectivity index (χ3v) is 5.53. The molecule has 0 aliphatic heterocycles. The zero-order valence-electron chi connectivity index (χ0n) is 17.1. The first kappa shape index (κ1) is 21.8. The van der Waals surface area contributed by atoms with Crippen LogP contribution >= 0.6 is 11.6 Å². The average Bonchev–Trinajstić information content (AvgIpc) is 2.72. The molecule has 160 valence electrons. The van der Waals surface area contributed by atoms with Gasteiger partial charge in [0, 0.05) is 22.8 Å². The number of methoxy groups -OCH3 is 3. The molecule has 1 fully saturated rings. The molecule has 30 heavy (non-hydrogen) atoms. The lowest BCUT2D eigenvalue weighted by atomic mass is 9.64. The molecular weight excluding hydrogens is 410 g/mol. The van der Waals surface area contributed by atoms with Crippen LogP contribution in [0.5, 0.6) is 17.2 Å². The monoisotopic (exact) mass is 433 g/mol. The van der Waals surface area contributed by atoms with Crippen LogP contribution in [-0.2, 0) is 19.7 Å². The first-order chi connectivity index (χ1) is 14.4. The van der Waals surface area contributed by atoms with Gasteiger partial charge in [-0.25, -0.2) is 0 Å². The number of benzene rings is 2. The van der Waals surface area contributed by atoms with Crippen molar-refractivity contribution in [3.05, 3.63) is 47.0 Å². The van der Waals surface area contributed by atoms with Gasteiger partial charge in [0.15, 0.2) is 18.1 Å². The molecule has 1 aliphatic carbocycles. The van der Waals surface area contributed by atoms with E-state index in [4.69, 9.17) is 30.5 Å². The number of nitrogens with one attached hydrogen (secondary N) is 1. The standard InChI is InChI=1S/C22H24ClNO6/c1-27-17-11-16(12-18(28-2)20(17)29-3)24-19(25)13-30-21(26)22(9-4-10-22)14-5-7-15(23)8-6-14/h5-8,11-12H,4,9-10,13H2,1-3H3,(H,24,25). The molecule has 1 aliphatic rings. The van der Waals surface area contributed by atoms with Crippen LogP contribution in [0.25, 0.3) is 0 Å². The van der Waals surface area contributed by atoms with E-state index < -0.39 is 23.9 Å². The molecule has 8 heteroatoms. The van der Waals surface area contributed by atoms with E-state index >= 15 is 0 Å². The zero-order chi connectivity index (χ0) is 21.7.